The third-order valence-corrected chi connectivity index (χ3v) is 2.95. The van der Waals surface area contributed by atoms with Gasteiger partial charge < -0.3 is 20.8 Å². The summed E-state index contributed by atoms with van der Waals surface area (Å²) in [6, 6.07) is 4.30. The Morgan fingerprint density at radius 1 is 1.47 bits per heavy atom. The molecule has 0 bridgehead atoms. The molecule has 1 aliphatic heterocycles. The van der Waals surface area contributed by atoms with Crippen LogP contribution in [0.4, 0.5) is 5.69 Å². The van der Waals surface area contributed by atoms with Crippen LogP contribution in [0, 0.1) is 0 Å². The molecule has 1 aliphatic rings. The number of carbonyl (C=O) groups is 1. The van der Waals surface area contributed by atoms with Gasteiger partial charge in [0.2, 0.25) is 0 Å². The van der Waals surface area contributed by atoms with E-state index in [0.29, 0.717) is 24.3 Å². The minimum atomic E-state index is -0.466. The standard InChI is InChI=1S/C12H16N2O3/c13-11-4-3-8(15)6-10(11)12(17)14-5-1-2-9(16)7-14/h3-4,6,9,15-16H,1-2,5,7,13H2. The van der Waals surface area contributed by atoms with Crippen molar-refractivity contribution >= 4 is 11.6 Å². The van der Waals surface area contributed by atoms with Crippen molar-refractivity contribution in [2.45, 2.75) is 18.9 Å². The Hall–Kier alpha value is -1.75. The molecule has 1 unspecified atom stereocenters. The van der Waals surface area contributed by atoms with E-state index in [2.05, 4.69) is 0 Å². The summed E-state index contributed by atoms with van der Waals surface area (Å²) in [5.74, 6) is -0.225. The van der Waals surface area contributed by atoms with Crippen LogP contribution < -0.4 is 5.73 Å². The van der Waals surface area contributed by atoms with Crippen LogP contribution in [0.5, 0.6) is 5.75 Å². The van der Waals surface area contributed by atoms with Gasteiger partial charge in [0.15, 0.2) is 0 Å². The van der Waals surface area contributed by atoms with Crippen LogP contribution in [0.3, 0.4) is 0 Å². The van der Waals surface area contributed by atoms with Crippen LogP contribution in [0.15, 0.2) is 18.2 Å². The van der Waals surface area contributed by atoms with Gasteiger partial charge in [0, 0.05) is 18.8 Å². The van der Waals surface area contributed by atoms with Crippen molar-refractivity contribution in [2.24, 2.45) is 0 Å². The molecule has 0 aromatic heterocycles. The Morgan fingerprint density at radius 2 is 2.24 bits per heavy atom. The van der Waals surface area contributed by atoms with E-state index in [0.717, 1.165) is 12.8 Å². The number of aromatic hydroxyl groups is 1. The molecule has 0 saturated carbocycles. The predicted molar refractivity (Wildman–Crippen MR) is 63.7 cm³/mol. The number of β-amino-alcohol motifs (C(OH)–C–C–N with tert-alkyl or cyclic N) is 1. The molecule has 1 amide bonds. The SMILES string of the molecule is Nc1ccc(O)cc1C(=O)N1CCCC(O)C1. The van der Waals surface area contributed by atoms with Crippen molar-refractivity contribution in [3.8, 4) is 5.75 Å². The number of likely N-dealkylation sites (tertiary alicyclic amines) is 1. The third kappa shape index (κ3) is 2.50. The van der Waals surface area contributed by atoms with E-state index in [1.807, 2.05) is 0 Å². The van der Waals surface area contributed by atoms with Gasteiger partial charge in [0.25, 0.3) is 5.91 Å². The van der Waals surface area contributed by atoms with Gasteiger partial charge in [-0.3, -0.25) is 4.79 Å². The molecule has 1 aromatic rings. The number of piperidine rings is 1. The zero-order valence-electron chi connectivity index (χ0n) is 9.47. The van der Waals surface area contributed by atoms with E-state index in [4.69, 9.17) is 5.73 Å². The van der Waals surface area contributed by atoms with E-state index >= 15 is 0 Å². The maximum absolute atomic E-state index is 12.1. The van der Waals surface area contributed by atoms with Crippen molar-refractivity contribution in [1.29, 1.82) is 0 Å². The van der Waals surface area contributed by atoms with Gasteiger partial charge in [-0.15, -0.1) is 0 Å². The molecule has 1 atom stereocenters. The van der Waals surface area contributed by atoms with E-state index in [9.17, 15) is 15.0 Å². The first-order valence-electron chi connectivity index (χ1n) is 5.64. The summed E-state index contributed by atoms with van der Waals surface area (Å²) >= 11 is 0. The lowest BCUT2D eigenvalue weighted by atomic mass is 10.1. The molecule has 5 heteroatoms. The van der Waals surface area contributed by atoms with Gasteiger partial charge in [-0.1, -0.05) is 0 Å². The number of phenols is 1. The number of rotatable bonds is 1. The number of aliphatic hydroxyl groups excluding tert-OH is 1. The lowest BCUT2D eigenvalue weighted by Gasteiger charge is -2.30. The molecule has 4 N–H and O–H groups in total. The summed E-state index contributed by atoms with van der Waals surface area (Å²) in [6.07, 6.45) is 1.04. The Bertz CT molecular complexity index is 434. The van der Waals surface area contributed by atoms with E-state index < -0.39 is 6.10 Å². The molecule has 92 valence electrons. The summed E-state index contributed by atoms with van der Waals surface area (Å²) in [4.78, 5) is 13.7. The molecular weight excluding hydrogens is 220 g/mol. The van der Waals surface area contributed by atoms with Crippen LogP contribution in [-0.4, -0.2) is 40.2 Å². The lowest BCUT2D eigenvalue weighted by molar-refractivity contribution is 0.0474. The molecule has 0 aliphatic carbocycles. The summed E-state index contributed by atoms with van der Waals surface area (Å²) in [7, 11) is 0. The van der Waals surface area contributed by atoms with E-state index in [1.165, 1.54) is 18.2 Å². The first-order chi connectivity index (χ1) is 8.08. The number of nitrogen functional groups attached to an aromatic ring is 1. The number of amides is 1. The second-order valence-electron chi connectivity index (χ2n) is 4.32. The minimum Gasteiger partial charge on any atom is -0.508 e. The highest BCUT2D eigenvalue weighted by Gasteiger charge is 2.24. The van der Waals surface area contributed by atoms with Crippen LogP contribution in [0.25, 0.3) is 0 Å². The Morgan fingerprint density at radius 3 is 2.94 bits per heavy atom. The van der Waals surface area contributed by atoms with Crippen LogP contribution in [-0.2, 0) is 0 Å². The quantitative estimate of drug-likeness (QED) is 0.491. The van der Waals surface area contributed by atoms with E-state index in [-0.39, 0.29) is 11.7 Å². The highest BCUT2D eigenvalue weighted by Crippen LogP contribution is 2.22. The maximum atomic E-state index is 12.1. The number of aliphatic hydroxyl groups is 1. The number of benzene rings is 1. The normalized spacial score (nSPS) is 20.3. The second-order valence-corrected chi connectivity index (χ2v) is 4.32. The second kappa shape index (κ2) is 4.63. The Labute approximate surface area is 99.5 Å². The maximum Gasteiger partial charge on any atom is 0.256 e. The van der Waals surface area contributed by atoms with Gasteiger partial charge in [-0.25, -0.2) is 0 Å². The van der Waals surface area contributed by atoms with Crippen molar-refractivity contribution in [1.82, 2.24) is 4.90 Å². The third-order valence-electron chi connectivity index (χ3n) is 2.95. The molecule has 17 heavy (non-hydrogen) atoms. The average Bonchev–Trinajstić information content (AvgIpc) is 2.31. The number of hydrogen-bond donors (Lipinski definition) is 3. The smallest absolute Gasteiger partial charge is 0.256 e. The molecular formula is C12H16N2O3. The van der Waals surface area contributed by atoms with Crippen molar-refractivity contribution < 1.29 is 15.0 Å². The monoisotopic (exact) mass is 236 g/mol. The zero-order valence-corrected chi connectivity index (χ0v) is 9.47. The van der Waals surface area contributed by atoms with Gasteiger partial charge in [0.1, 0.15) is 5.75 Å². The number of nitrogens with two attached hydrogens (primary N) is 1. The Kier molecular flexibility index (Phi) is 3.19. The lowest BCUT2D eigenvalue weighted by Crippen LogP contribution is -2.42. The number of carbonyl (C=O) groups excluding carboxylic acids is 1. The fourth-order valence-electron chi connectivity index (χ4n) is 2.04. The van der Waals surface area contributed by atoms with Crippen LogP contribution >= 0.6 is 0 Å². The summed E-state index contributed by atoms with van der Waals surface area (Å²) in [5, 5.41) is 18.9. The summed E-state index contributed by atoms with van der Waals surface area (Å²) < 4.78 is 0. The largest absolute Gasteiger partial charge is 0.508 e. The number of phenolic OH excluding ortho intramolecular Hbond substituents is 1. The Balaban J connectivity index is 2.21. The van der Waals surface area contributed by atoms with Crippen LogP contribution in [0.1, 0.15) is 23.2 Å². The number of anilines is 1. The zero-order chi connectivity index (χ0) is 12.4. The minimum absolute atomic E-state index is 0.0140. The molecule has 1 fully saturated rings. The molecule has 1 heterocycles. The van der Waals surface area contributed by atoms with Gasteiger partial charge >= 0.3 is 0 Å². The number of hydrogen-bond acceptors (Lipinski definition) is 4. The fourth-order valence-corrected chi connectivity index (χ4v) is 2.04. The first-order valence-corrected chi connectivity index (χ1v) is 5.64. The highest BCUT2D eigenvalue weighted by molar-refractivity contribution is 5.99. The topological polar surface area (TPSA) is 86.8 Å². The number of nitrogens with zero attached hydrogens (tertiary/aromatic N) is 1. The van der Waals surface area contributed by atoms with Crippen molar-refractivity contribution in [2.75, 3.05) is 18.8 Å². The predicted octanol–water partition coefficient (Wildman–Crippen LogP) is 0.571. The summed E-state index contributed by atoms with van der Waals surface area (Å²) in [6.45, 7) is 0.943. The summed E-state index contributed by atoms with van der Waals surface area (Å²) in [5.41, 5.74) is 6.34. The molecule has 1 saturated heterocycles. The highest BCUT2D eigenvalue weighted by atomic mass is 16.3. The molecule has 5 nitrogen and oxygen atoms in total. The van der Waals surface area contributed by atoms with Crippen molar-refractivity contribution in [3.05, 3.63) is 23.8 Å². The first kappa shape index (κ1) is 11.7. The van der Waals surface area contributed by atoms with Gasteiger partial charge in [-0.2, -0.15) is 0 Å². The molecule has 2 rings (SSSR count). The molecule has 1 aromatic carbocycles. The average molecular weight is 236 g/mol. The fraction of sp³-hybridized carbons (Fsp3) is 0.417. The van der Waals surface area contributed by atoms with Crippen LogP contribution in [0.2, 0.25) is 0 Å². The van der Waals surface area contributed by atoms with Gasteiger partial charge in [-0.05, 0) is 31.0 Å². The van der Waals surface area contributed by atoms with Crippen molar-refractivity contribution in [3.63, 3.8) is 0 Å². The van der Waals surface area contributed by atoms with Gasteiger partial charge in [0.05, 0.1) is 11.7 Å². The molecule has 0 spiro atoms. The molecule has 0 radical (unpaired) electrons. The van der Waals surface area contributed by atoms with E-state index in [1.54, 1.807) is 4.90 Å².